The van der Waals surface area contributed by atoms with Crippen LogP contribution in [0.2, 0.25) is 0 Å². The van der Waals surface area contributed by atoms with Crippen molar-refractivity contribution >= 4 is 30.0 Å². The molecule has 148 valence electrons. The van der Waals surface area contributed by atoms with Crippen LogP contribution >= 0.6 is 30.0 Å². The molecule has 0 aliphatic rings. The van der Waals surface area contributed by atoms with E-state index in [0.29, 0.717) is 24.3 Å². The van der Waals surface area contributed by atoms with Crippen molar-refractivity contribution < 1.29 is 35.0 Å². The van der Waals surface area contributed by atoms with Crippen LogP contribution in [0.1, 0.15) is 7.43 Å². The van der Waals surface area contributed by atoms with Crippen LogP contribution < -0.4 is 0 Å². The van der Waals surface area contributed by atoms with Crippen molar-refractivity contribution in [1.82, 2.24) is 0 Å². The highest BCUT2D eigenvalue weighted by Gasteiger charge is 2.65. The molecule has 25 heavy (non-hydrogen) atoms. The highest BCUT2D eigenvalue weighted by atomic mass is 35.7. The summed E-state index contributed by atoms with van der Waals surface area (Å²) in [4.78, 5) is -3.27. The summed E-state index contributed by atoms with van der Waals surface area (Å²) in [6.45, 7) is 0. The minimum atomic E-state index is -9.43. The molecular formula is C13H14ClF9S2. The first-order valence-corrected chi connectivity index (χ1v) is 10.6. The highest BCUT2D eigenvalue weighted by Crippen LogP contribution is 3.04. The van der Waals surface area contributed by atoms with E-state index in [-0.39, 0.29) is 7.43 Å². The normalized spacial score (nSPS) is 17.4. The van der Waals surface area contributed by atoms with Gasteiger partial charge in [0.15, 0.2) is 0 Å². The quantitative estimate of drug-likeness (QED) is 0.408. The lowest BCUT2D eigenvalue weighted by atomic mass is 10.4. The summed E-state index contributed by atoms with van der Waals surface area (Å²) < 4.78 is 109. The molecule has 2 rings (SSSR count). The second kappa shape index (κ2) is 5.40. The van der Waals surface area contributed by atoms with Crippen LogP contribution in [0.5, 0.6) is 0 Å². The molecule has 0 atom stereocenters. The van der Waals surface area contributed by atoms with Gasteiger partial charge in [0.1, 0.15) is 4.90 Å². The predicted molar refractivity (Wildman–Crippen MR) is 87.2 cm³/mol. The number of benzene rings is 2. The zero-order chi connectivity index (χ0) is 19.0. The van der Waals surface area contributed by atoms with Crippen LogP contribution in [0, 0.1) is 0 Å². The van der Waals surface area contributed by atoms with Gasteiger partial charge in [-0.2, -0.15) is 0 Å². The van der Waals surface area contributed by atoms with Crippen LogP contribution in [0.3, 0.4) is 0 Å². The SMILES string of the molecule is C.FS(F)(F)(F)(Cl)c1ccccc1.FS(F)(F)(F)(F)c1ccccc1. The third-order valence-corrected chi connectivity index (χ3v) is 5.24. The van der Waals surface area contributed by atoms with Gasteiger partial charge >= 0.3 is 10.2 Å². The van der Waals surface area contributed by atoms with Crippen LogP contribution in [-0.2, 0) is 0 Å². The van der Waals surface area contributed by atoms with Crippen LogP contribution in [0.4, 0.5) is 35.0 Å². The van der Waals surface area contributed by atoms with E-state index < -0.39 is 29.1 Å². The molecular weight excluding hydrogens is 427 g/mol. The summed E-state index contributed by atoms with van der Waals surface area (Å²) in [5.74, 6) is 0. The van der Waals surface area contributed by atoms with Gasteiger partial charge in [0.25, 0.3) is 9.05 Å². The molecule has 2 aromatic rings. The number of rotatable bonds is 2. The van der Waals surface area contributed by atoms with Gasteiger partial charge < -0.3 is 0 Å². The average Bonchev–Trinajstić information content (AvgIpc) is 2.37. The van der Waals surface area contributed by atoms with Crippen molar-refractivity contribution in [2.75, 3.05) is 0 Å². The second-order valence-electron chi connectivity index (χ2n) is 4.56. The lowest BCUT2D eigenvalue weighted by molar-refractivity contribution is 0.364. The molecule has 0 saturated carbocycles. The molecule has 12 heteroatoms. The fourth-order valence-electron chi connectivity index (χ4n) is 1.36. The zero-order valence-electron chi connectivity index (χ0n) is 11.4. The largest absolute Gasteiger partial charge is 0.310 e. The molecule has 0 aromatic heterocycles. The molecule has 0 fully saturated rings. The monoisotopic (exact) mass is 440 g/mol. The molecule has 0 unspecified atom stereocenters. The fourth-order valence-corrected chi connectivity index (χ4v) is 3.01. The van der Waals surface area contributed by atoms with Gasteiger partial charge in [-0.1, -0.05) is 63.3 Å². The van der Waals surface area contributed by atoms with Crippen molar-refractivity contribution in [2.24, 2.45) is 0 Å². The summed E-state index contributed by atoms with van der Waals surface area (Å²) in [5.41, 5.74) is 0. The van der Waals surface area contributed by atoms with Gasteiger partial charge in [0.2, 0.25) is 0 Å². The molecule has 0 heterocycles. The van der Waals surface area contributed by atoms with Crippen molar-refractivity contribution in [3.8, 4) is 0 Å². The Bertz CT molecular complexity index is 643. The Labute approximate surface area is 143 Å². The topological polar surface area (TPSA) is 0 Å². The Morgan fingerprint density at radius 2 is 0.800 bits per heavy atom. The van der Waals surface area contributed by atoms with Gasteiger partial charge in [0, 0.05) is 10.7 Å². The van der Waals surface area contributed by atoms with E-state index in [1.807, 2.05) is 0 Å². The number of halogens is 10. The first-order valence-electron chi connectivity index (χ1n) is 5.77. The van der Waals surface area contributed by atoms with Gasteiger partial charge in [-0.15, -0.1) is 15.5 Å². The minimum Gasteiger partial charge on any atom is -0.107 e. The van der Waals surface area contributed by atoms with Crippen molar-refractivity contribution in [2.45, 2.75) is 17.2 Å². The van der Waals surface area contributed by atoms with E-state index in [9.17, 15) is 35.0 Å². The maximum absolute atomic E-state index is 12.4. The Hall–Kier alpha value is -1.20. The van der Waals surface area contributed by atoms with Crippen LogP contribution in [-0.4, -0.2) is 0 Å². The molecule has 0 saturated heterocycles. The van der Waals surface area contributed by atoms with E-state index in [2.05, 4.69) is 10.7 Å². The highest BCUT2D eigenvalue weighted by molar-refractivity contribution is 8.65. The minimum absolute atomic E-state index is 0. The second-order valence-corrected chi connectivity index (χ2v) is 11.2. The maximum atomic E-state index is 12.4. The van der Waals surface area contributed by atoms with Crippen molar-refractivity contribution in [1.29, 1.82) is 0 Å². The average molecular weight is 441 g/mol. The van der Waals surface area contributed by atoms with Gasteiger partial charge in [0.05, 0.1) is 4.90 Å². The molecule has 0 nitrogen and oxygen atoms in total. The fraction of sp³-hybridized carbons (Fsp3) is 0.0769. The van der Waals surface area contributed by atoms with Gasteiger partial charge in [-0.3, -0.25) is 0 Å². The van der Waals surface area contributed by atoms with Crippen molar-refractivity contribution in [3.63, 3.8) is 0 Å². The molecule has 0 aliphatic carbocycles. The summed E-state index contributed by atoms with van der Waals surface area (Å²) >= 11 is 0. The molecule has 0 aliphatic heterocycles. The lowest BCUT2D eigenvalue weighted by Gasteiger charge is -2.42. The summed E-state index contributed by atoms with van der Waals surface area (Å²) in [6, 6.07) is 8.54. The molecule has 0 radical (unpaired) electrons. The standard InChI is InChI=1S/C6H5ClF4S.C6H5F5S.CH4/c2*7-12(8,9,10,11)6-4-2-1-3-5-6;/h2*1-5H;1H4. The van der Waals surface area contributed by atoms with Crippen LogP contribution in [0.15, 0.2) is 70.5 Å². The zero-order valence-corrected chi connectivity index (χ0v) is 13.8. The van der Waals surface area contributed by atoms with Crippen LogP contribution in [0.25, 0.3) is 0 Å². The first-order chi connectivity index (χ1) is 10.2. The Balaban J connectivity index is 0.000000443. The summed E-state index contributed by atoms with van der Waals surface area (Å²) in [6.07, 6.45) is 0. The first kappa shape index (κ1) is 23.8. The maximum Gasteiger partial charge on any atom is 0.310 e. The molecule has 2 aromatic carbocycles. The smallest absolute Gasteiger partial charge is 0.107 e. The van der Waals surface area contributed by atoms with E-state index in [4.69, 9.17) is 0 Å². The lowest BCUT2D eigenvalue weighted by Crippen LogP contribution is -2.05. The van der Waals surface area contributed by atoms with Crippen molar-refractivity contribution in [3.05, 3.63) is 60.7 Å². The van der Waals surface area contributed by atoms with E-state index in [0.717, 1.165) is 24.3 Å². The Kier molecular flexibility index (Phi) is 5.14. The summed E-state index contributed by atoms with van der Waals surface area (Å²) in [5, 5.41) is 0. The van der Waals surface area contributed by atoms with E-state index in [1.165, 1.54) is 12.1 Å². The molecule has 0 amide bonds. The Morgan fingerprint density at radius 1 is 0.520 bits per heavy atom. The summed E-state index contributed by atoms with van der Waals surface area (Å²) in [7, 11) is -13.9. The number of hydrogen-bond acceptors (Lipinski definition) is 0. The van der Waals surface area contributed by atoms with E-state index in [1.54, 1.807) is 0 Å². The third-order valence-electron chi connectivity index (χ3n) is 2.38. The Morgan fingerprint density at radius 3 is 0.960 bits per heavy atom. The molecule has 0 bridgehead atoms. The molecule has 0 spiro atoms. The third kappa shape index (κ3) is 8.15. The van der Waals surface area contributed by atoms with Gasteiger partial charge in [-0.25, -0.2) is 0 Å². The van der Waals surface area contributed by atoms with Gasteiger partial charge in [-0.05, 0) is 24.3 Å². The molecule has 0 N–H and O–H groups in total. The predicted octanol–water partition coefficient (Wildman–Crippen LogP) is 9.59. The number of hydrogen-bond donors (Lipinski definition) is 0. The van der Waals surface area contributed by atoms with E-state index >= 15 is 0 Å².